The fraction of sp³-hybridized carbons (Fsp3) is 0.231. The Morgan fingerprint density at radius 2 is 2.14 bits per heavy atom. The van der Waals surface area contributed by atoms with Crippen molar-refractivity contribution in [2.24, 2.45) is 0 Å². The molecular formula is C13H11ClFNO6. The number of nitro benzene ring substituents is 1. The Morgan fingerprint density at radius 1 is 1.55 bits per heavy atom. The van der Waals surface area contributed by atoms with Gasteiger partial charge in [0.15, 0.2) is 0 Å². The predicted octanol–water partition coefficient (Wildman–Crippen LogP) is 2.88. The molecule has 0 radical (unpaired) electrons. The molecule has 0 aromatic heterocycles. The van der Waals surface area contributed by atoms with Crippen LogP contribution in [0.3, 0.4) is 0 Å². The Morgan fingerprint density at radius 3 is 2.59 bits per heavy atom. The highest BCUT2D eigenvalue weighted by atomic mass is 35.5. The van der Waals surface area contributed by atoms with Crippen LogP contribution >= 0.6 is 11.6 Å². The van der Waals surface area contributed by atoms with Gasteiger partial charge in [0, 0.05) is 0 Å². The third-order valence-electron chi connectivity index (χ3n) is 2.70. The quantitative estimate of drug-likeness (QED) is 0.163. The van der Waals surface area contributed by atoms with E-state index in [1.165, 1.54) is 0 Å². The number of hydrogen-bond donors (Lipinski definition) is 1. The molecular weight excluding hydrogens is 321 g/mol. The molecule has 0 aliphatic rings. The normalized spacial score (nSPS) is 11.2. The third-order valence-corrected chi connectivity index (χ3v) is 3.08. The lowest BCUT2D eigenvalue weighted by atomic mass is 10.0. The van der Waals surface area contributed by atoms with Gasteiger partial charge >= 0.3 is 5.97 Å². The van der Waals surface area contributed by atoms with E-state index in [4.69, 9.17) is 21.4 Å². The van der Waals surface area contributed by atoms with Gasteiger partial charge in [0.1, 0.15) is 22.7 Å². The second-order valence-electron chi connectivity index (χ2n) is 4.07. The first kappa shape index (κ1) is 17.6. The maximum atomic E-state index is 13.7. The molecule has 0 unspecified atom stereocenters. The number of nitro groups is 1. The molecule has 0 heterocycles. The molecule has 1 rings (SSSR count). The number of rotatable bonds is 6. The maximum absolute atomic E-state index is 13.7. The molecule has 22 heavy (non-hydrogen) atoms. The van der Waals surface area contributed by atoms with Crippen molar-refractivity contribution in [2.45, 2.75) is 13.8 Å². The summed E-state index contributed by atoms with van der Waals surface area (Å²) in [6, 6.07) is 0.662. The SMILES string of the molecule is CCO/C=C(\C(=O)O)C(=O)c1cc(F)c(C)c([N+](=O)[O-])c1Cl. The molecule has 1 aromatic rings. The van der Waals surface area contributed by atoms with Crippen molar-refractivity contribution >= 4 is 29.0 Å². The molecule has 0 atom stereocenters. The van der Waals surface area contributed by atoms with Crippen LogP contribution < -0.4 is 0 Å². The van der Waals surface area contributed by atoms with Crippen LogP contribution in [-0.4, -0.2) is 28.4 Å². The van der Waals surface area contributed by atoms with E-state index in [9.17, 15) is 24.1 Å². The van der Waals surface area contributed by atoms with E-state index in [-0.39, 0.29) is 12.2 Å². The van der Waals surface area contributed by atoms with Crippen LogP contribution in [-0.2, 0) is 9.53 Å². The molecule has 0 amide bonds. The summed E-state index contributed by atoms with van der Waals surface area (Å²) >= 11 is 5.77. The van der Waals surface area contributed by atoms with Crippen LogP contribution in [0.1, 0.15) is 22.8 Å². The van der Waals surface area contributed by atoms with Gasteiger partial charge in [-0.05, 0) is 19.9 Å². The molecule has 9 heteroatoms. The molecule has 0 aliphatic carbocycles. The highest BCUT2D eigenvalue weighted by Gasteiger charge is 2.30. The van der Waals surface area contributed by atoms with Gasteiger partial charge in [0.25, 0.3) is 5.69 Å². The zero-order chi connectivity index (χ0) is 17.0. The number of benzene rings is 1. The summed E-state index contributed by atoms with van der Waals surface area (Å²) in [4.78, 5) is 33.2. The van der Waals surface area contributed by atoms with Crippen molar-refractivity contribution < 1.29 is 28.7 Å². The van der Waals surface area contributed by atoms with E-state index >= 15 is 0 Å². The lowest BCUT2D eigenvalue weighted by molar-refractivity contribution is -0.385. The highest BCUT2D eigenvalue weighted by Crippen LogP contribution is 2.34. The monoisotopic (exact) mass is 331 g/mol. The highest BCUT2D eigenvalue weighted by molar-refractivity contribution is 6.38. The van der Waals surface area contributed by atoms with Crippen molar-refractivity contribution in [1.29, 1.82) is 0 Å². The van der Waals surface area contributed by atoms with E-state index in [2.05, 4.69) is 0 Å². The number of Topliss-reactive ketones (excluding diaryl/α,β-unsaturated/α-hetero) is 1. The van der Waals surface area contributed by atoms with E-state index in [1.54, 1.807) is 6.92 Å². The molecule has 1 N–H and O–H groups in total. The number of hydrogen-bond acceptors (Lipinski definition) is 5. The van der Waals surface area contributed by atoms with Crippen LogP contribution in [0.25, 0.3) is 0 Å². The van der Waals surface area contributed by atoms with Gasteiger partial charge in [-0.1, -0.05) is 11.6 Å². The maximum Gasteiger partial charge on any atom is 0.342 e. The minimum absolute atomic E-state index is 0.0974. The van der Waals surface area contributed by atoms with Crippen molar-refractivity contribution in [3.05, 3.63) is 50.0 Å². The van der Waals surface area contributed by atoms with Crippen LogP contribution in [0.4, 0.5) is 10.1 Å². The van der Waals surface area contributed by atoms with Gasteiger partial charge in [0.2, 0.25) is 5.78 Å². The van der Waals surface area contributed by atoms with Gasteiger partial charge in [-0.15, -0.1) is 0 Å². The number of ether oxygens (including phenoxy) is 1. The van der Waals surface area contributed by atoms with Crippen molar-refractivity contribution in [2.75, 3.05) is 6.61 Å². The fourth-order valence-electron chi connectivity index (χ4n) is 1.60. The Bertz CT molecular complexity index is 686. The van der Waals surface area contributed by atoms with Gasteiger partial charge in [-0.2, -0.15) is 0 Å². The Balaban J connectivity index is 3.53. The second kappa shape index (κ2) is 6.99. The number of carbonyl (C=O) groups excluding carboxylic acids is 1. The molecule has 0 fully saturated rings. The van der Waals surface area contributed by atoms with Gasteiger partial charge in [-0.25, -0.2) is 9.18 Å². The molecule has 0 saturated heterocycles. The zero-order valence-corrected chi connectivity index (χ0v) is 12.3. The number of nitrogens with zero attached hydrogens (tertiary/aromatic N) is 1. The second-order valence-corrected chi connectivity index (χ2v) is 4.45. The summed E-state index contributed by atoms with van der Waals surface area (Å²) in [6.45, 7) is 2.78. The predicted molar refractivity (Wildman–Crippen MR) is 74.5 cm³/mol. The van der Waals surface area contributed by atoms with E-state index in [0.29, 0.717) is 12.3 Å². The molecule has 1 aromatic carbocycles. The Kier molecular flexibility index (Phi) is 5.58. The first-order chi connectivity index (χ1) is 10.2. The lowest BCUT2D eigenvalue weighted by Crippen LogP contribution is -2.15. The van der Waals surface area contributed by atoms with Gasteiger partial charge < -0.3 is 9.84 Å². The summed E-state index contributed by atoms with van der Waals surface area (Å²) in [7, 11) is 0. The molecule has 0 saturated carbocycles. The van der Waals surface area contributed by atoms with Crippen LogP contribution in [0.15, 0.2) is 17.9 Å². The third kappa shape index (κ3) is 3.40. The summed E-state index contributed by atoms with van der Waals surface area (Å²) in [5.41, 5.74) is -2.57. The number of carbonyl (C=O) groups is 2. The minimum Gasteiger partial charge on any atom is -0.500 e. The fourth-order valence-corrected chi connectivity index (χ4v) is 1.95. The number of aliphatic carboxylic acids is 1. The van der Waals surface area contributed by atoms with Crippen LogP contribution in [0.2, 0.25) is 5.02 Å². The van der Waals surface area contributed by atoms with Crippen molar-refractivity contribution in [1.82, 2.24) is 0 Å². The number of carboxylic acids is 1. The standard InChI is InChI=1S/C13H11ClFNO6/c1-3-22-5-8(13(18)19)12(17)7-4-9(15)6(2)11(10(7)14)16(20)21/h4-5H,3H2,1-2H3,(H,18,19)/b8-5-. The van der Waals surface area contributed by atoms with Gasteiger partial charge in [0.05, 0.1) is 22.7 Å². The zero-order valence-electron chi connectivity index (χ0n) is 11.6. The number of ketones is 1. The lowest BCUT2D eigenvalue weighted by Gasteiger charge is -2.08. The Labute approximate surface area is 129 Å². The Hall–Kier alpha value is -2.48. The molecule has 118 valence electrons. The number of carboxylic acid groups (broad SMARTS) is 1. The average molecular weight is 332 g/mol. The summed E-state index contributed by atoms with van der Waals surface area (Å²) < 4.78 is 18.5. The van der Waals surface area contributed by atoms with Crippen LogP contribution in [0.5, 0.6) is 0 Å². The van der Waals surface area contributed by atoms with Crippen LogP contribution in [0, 0.1) is 22.9 Å². The molecule has 7 nitrogen and oxygen atoms in total. The summed E-state index contributed by atoms with van der Waals surface area (Å²) in [5, 5.41) is 19.3. The van der Waals surface area contributed by atoms with E-state index in [1.807, 2.05) is 0 Å². The smallest absolute Gasteiger partial charge is 0.342 e. The van der Waals surface area contributed by atoms with Crippen molar-refractivity contribution in [3.8, 4) is 0 Å². The summed E-state index contributed by atoms with van der Waals surface area (Å²) in [6.07, 6.45) is 0.685. The average Bonchev–Trinajstić information content (AvgIpc) is 2.42. The van der Waals surface area contributed by atoms with Crippen molar-refractivity contribution in [3.63, 3.8) is 0 Å². The first-order valence-electron chi connectivity index (χ1n) is 5.95. The summed E-state index contributed by atoms with van der Waals surface area (Å²) in [5.74, 6) is -3.85. The minimum atomic E-state index is -1.63. The molecule has 0 aliphatic heterocycles. The first-order valence-corrected chi connectivity index (χ1v) is 6.32. The van der Waals surface area contributed by atoms with Gasteiger partial charge in [-0.3, -0.25) is 14.9 Å². The largest absolute Gasteiger partial charge is 0.500 e. The molecule has 0 spiro atoms. The van der Waals surface area contributed by atoms with E-state index in [0.717, 1.165) is 6.92 Å². The topological polar surface area (TPSA) is 107 Å². The van der Waals surface area contributed by atoms with E-state index < -0.39 is 44.3 Å². The molecule has 0 bridgehead atoms. The number of halogens is 2.